The van der Waals surface area contributed by atoms with E-state index in [1.165, 1.54) is 12.0 Å². The zero-order valence-corrected chi connectivity index (χ0v) is 10.9. The molecule has 0 unspecified atom stereocenters. The van der Waals surface area contributed by atoms with Crippen molar-refractivity contribution in [3.63, 3.8) is 0 Å². The number of hydrogen-bond acceptors (Lipinski definition) is 3. The molecule has 0 radical (unpaired) electrons. The van der Waals surface area contributed by atoms with Crippen molar-refractivity contribution < 1.29 is 0 Å². The van der Waals surface area contributed by atoms with E-state index in [1.54, 1.807) is 0 Å². The lowest BCUT2D eigenvalue weighted by molar-refractivity contribution is 0.744. The minimum atomic E-state index is 0.913. The summed E-state index contributed by atoms with van der Waals surface area (Å²) in [5.74, 6) is 2.01. The van der Waals surface area contributed by atoms with Gasteiger partial charge in [-0.2, -0.15) is 0 Å². The van der Waals surface area contributed by atoms with E-state index in [2.05, 4.69) is 43.0 Å². The van der Waals surface area contributed by atoms with Crippen LogP contribution in [0.15, 0.2) is 0 Å². The molecular weight excluding hydrogens is 198 g/mol. The Morgan fingerprint density at radius 1 is 1.12 bits per heavy atom. The molecule has 0 aromatic carbocycles. The molecule has 1 N–H and O–H groups in total. The second kappa shape index (κ2) is 6.46. The summed E-state index contributed by atoms with van der Waals surface area (Å²) in [5, 5.41) is 3.33. The van der Waals surface area contributed by atoms with E-state index in [4.69, 9.17) is 0 Å². The number of nitrogens with zero attached hydrogens (tertiary/aromatic N) is 2. The Balaban J connectivity index is 2.97. The van der Waals surface area contributed by atoms with Gasteiger partial charge in [-0.1, -0.05) is 20.3 Å². The van der Waals surface area contributed by atoms with Crippen LogP contribution in [0.1, 0.15) is 50.7 Å². The molecule has 0 bridgehead atoms. The van der Waals surface area contributed by atoms with Gasteiger partial charge < -0.3 is 5.32 Å². The van der Waals surface area contributed by atoms with Crippen LogP contribution < -0.4 is 5.32 Å². The predicted molar refractivity (Wildman–Crippen MR) is 68.9 cm³/mol. The molecule has 3 nitrogen and oxygen atoms in total. The van der Waals surface area contributed by atoms with Crippen LogP contribution >= 0.6 is 0 Å². The van der Waals surface area contributed by atoms with Gasteiger partial charge in [-0.3, -0.25) is 0 Å². The third-order valence-corrected chi connectivity index (χ3v) is 2.71. The number of hydrogen-bond donors (Lipinski definition) is 1. The van der Waals surface area contributed by atoms with Crippen LogP contribution in [0, 0.1) is 6.92 Å². The average molecular weight is 221 g/mol. The number of aromatic nitrogens is 2. The fourth-order valence-electron chi connectivity index (χ4n) is 1.84. The van der Waals surface area contributed by atoms with E-state index in [1.807, 2.05) is 0 Å². The van der Waals surface area contributed by atoms with E-state index in [0.717, 1.165) is 43.1 Å². The molecule has 0 aliphatic heterocycles. The zero-order chi connectivity index (χ0) is 12.0. The minimum absolute atomic E-state index is 0.913. The predicted octanol–water partition coefficient (Wildman–Crippen LogP) is 3.12. The van der Waals surface area contributed by atoms with Crippen molar-refractivity contribution in [3.05, 3.63) is 17.1 Å². The summed E-state index contributed by atoms with van der Waals surface area (Å²) in [5.41, 5.74) is 2.38. The highest BCUT2D eigenvalue weighted by molar-refractivity contribution is 5.46. The maximum Gasteiger partial charge on any atom is 0.133 e. The molecule has 1 heterocycles. The van der Waals surface area contributed by atoms with Crippen molar-refractivity contribution in [2.24, 2.45) is 0 Å². The topological polar surface area (TPSA) is 37.8 Å². The Bertz CT molecular complexity index is 334. The molecule has 0 atom stereocenters. The summed E-state index contributed by atoms with van der Waals surface area (Å²) in [6.07, 6.45) is 4.33. The van der Waals surface area contributed by atoms with Crippen LogP contribution in [0.25, 0.3) is 0 Å². The molecule has 3 heteroatoms. The van der Waals surface area contributed by atoms with Crippen molar-refractivity contribution in [3.8, 4) is 0 Å². The smallest absolute Gasteiger partial charge is 0.133 e. The highest BCUT2D eigenvalue weighted by Gasteiger charge is 2.08. The number of rotatable bonds is 6. The Morgan fingerprint density at radius 3 is 2.44 bits per heavy atom. The van der Waals surface area contributed by atoms with Gasteiger partial charge in [0.15, 0.2) is 0 Å². The zero-order valence-electron chi connectivity index (χ0n) is 10.9. The van der Waals surface area contributed by atoms with Gasteiger partial charge >= 0.3 is 0 Å². The summed E-state index contributed by atoms with van der Waals surface area (Å²) >= 11 is 0. The standard InChI is InChI=1S/C13H23N3/c1-5-8-9-12-15-10(4)11(6-2)13(16-12)14-7-3/h5-9H2,1-4H3,(H,14,15,16). The third-order valence-electron chi connectivity index (χ3n) is 2.71. The molecule has 0 amide bonds. The fourth-order valence-corrected chi connectivity index (χ4v) is 1.84. The summed E-state index contributed by atoms with van der Waals surface area (Å²) in [6.45, 7) is 9.44. The number of aryl methyl sites for hydroxylation is 2. The van der Waals surface area contributed by atoms with Gasteiger partial charge in [0.1, 0.15) is 11.6 Å². The molecule has 0 saturated heterocycles. The van der Waals surface area contributed by atoms with E-state index in [0.29, 0.717) is 0 Å². The van der Waals surface area contributed by atoms with Crippen molar-refractivity contribution in [1.29, 1.82) is 0 Å². The van der Waals surface area contributed by atoms with Gasteiger partial charge in [-0.25, -0.2) is 9.97 Å². The van der Waals surface area contributed by atoms with Crippen LogP contribution in [-0.4, -0.2) is 16.5 Å². The summed E-state index contributed by atoms with van der Waals surface area (Å²) < 4.78 is 0. The van der Waals surface area contributed by atoms with Crippen molar-refractivity contribution in [2.75, 3.05) is 11.9 Å². The molecular formula is C13H23N3. The first-order valence-corrected chi connectivity index (χ1v) is 6.33. The van der Waals surface area contributed by atoms with Crippen LogP contribution in [0.2, 0.25) is 0 Å². The van der Waals surface area contributed by atoms with Crippen molar-refractivity contribution in [1.82, 2.24) is 9.97 Å². The quantitative estimate of drug-likeness (QED) is 0.802. The second-order valence-electron chi connectivity index (χ2n) is 4.04. The molecule has 0 fully saturated rings. The van der Waals surface area contributed by atoms with E-state index < -0.39 is 0 Å². The number of unbranched alkanes of at least 4 members (excludes halogenated alkanes) is 1. The normalized spacial score (nSPS) is 10.5. The lowest BCUT2D eigenvalue weighted by Gasteiger charge is -2.12. The summed E-state index contributed by atoms with van der Waals surface area (Å²) in [7, 11) is 0. The lowest BCUT2D eigenvalue weighted by atomic mass is 10.1. The monoisotopic (exact) mass is 221 g/mol. The maximum absolute atomic E-state index is 4.61. The second-order valence-corrected chi connectivity index (χ2v) is 4.04. The number of anilines is 1. The van der Waals surface area contributed by atoms with E-state index in [-0.39, 0.29) is 0 Å². The van der Waals surface area contributed by atoms with Crippen LogP contribution in [0.3, 0.4) is 0 Å². The van der Waals surface area contributed by atoms with Gasteiger partial charge in [-0.05, 0) is 26.7 Å². The molecule has 1 aromatic heterocycles. The number of nitrogens with one attached hydrogen (secondary N) is 1. The Hall–Kier alpha value is -1.12. The van der Waals surface area contributed by atoms with Gasteiger partial charge in [0, 0.05) is 24.2 Å². The van der Waals surface area contributed by atoms with Gasteiger partial charge in [-0.15, -0.1) is 0 Å². The maximum atomic E-state index is 4.61. The minimum Gasteiger partial charge on any atom is -0.370 e. The average Bonchev–Trinajstić information content (AvgIpc) is 2.26. The van der Waals surface area contributed by atoms with Crippen molar-refractivity contribution >= 4 is 5.82 Å². The van der Waals surface area contributed by atoms with Gasteiger partial charge in [0.05, 0.1) is 0 Å². The lowest BCUT2D eigenvalue weighted by Crippen LogP contribution is -2.09. The third kappa shape index (κ3) is 3.19. The van der Waals surface area contributed by atoms with Crippen LogP contribution in [0.4, 0.5) is 5.82 Å². The summed E-state index contributed by atoms with van der Waals surface area (Å²) in [4.78, 5) is 9.18. The molecule has 16 heavy (non-hydrogen) atoms. The Kier molecular flexibility index (Phi) is 5.23. The molecule has 1 aromatic rings. The molecule has 0 aliphatic rings. The highest BCUT2D eigenvalue weighted by atomic mass is 15.0. The van der Waals surface area contributed by atoms with E-state index in [9.17, 15) is 0 Å². The van der Waals surface area contributed by atoms with Crippen molar-refractivity contribution in [2.45, 2.75) is 53.4 Å². The first-order chi connectivity index (χ1) is 7.72. The molecule has 90 valence electrons. The summed E-state index contributed by atoms with van der Waals surface area (Å²) in [6, 6.07) is 0. The Labute approximate surface area is 98.7 Å². The molecule has 0 spiro atoms. The SMILES string of the molecule is CCCCc1nc(C)c(CC)c(NCC)n1. The first-order valence-electron chi connectivity index (χ1n) is 6.33. The molecule has 0 saturated carbocycles. The van der Waals surface area contributed by atoms with Crippen LogP contribution in [-0.2, 0) is 12.8 Å². The fraction of sp³-hybridized carbons (Fsp3) is 0.692. The molecule has 0 aliphatic carbocycles. The molecule has 1 rings (SSSR count). The first kappa shape index (κ1) is 12.9. The van der Waals surface area contributed by atoms with Gasteiger partial charge in [0.25, 0.3) is 0 Å². The largest absolute Gasteiger partial charge is 0.370 e. The Morgan fingerprint density at radius 2 is 1.88 bits per heavy atom. The van der Waals surface area contributed by atoms with Gasteiger partial charge in [0.2, 0.25) is 0 Å². The highest BCUT2D eigenvalue weighted by Crippen LogP contribution is 2.17. The van der Waals surface area contributed by atoms with Crippen LogP contribution in [0.5, 0.6) is 0 Å². The van der Waals surface area contributed by atoms with E-state index >= 15 is 0 Å².